The number of hydrogen-bond acceptors (Lipinski definition) is 4. The number of sulfonamides is 1. The summed E-state index contributed by atoms with van der Waals surface area (Å²) in [5.74, 6) is -1.76. The van der Waals surface area contributed by atoms with Gasteiger partial charge in [-0.15, -0.1) is 11.8 Å². The van der Waals surface area contributed by atoms with Gasteiger partial charge in [0.2, 0.25) is 10.0 Å². The van der Waals surface area contributed by atoms with Gasteiger partial charge in [-0.3, -0.25) is 0 Å². The Labute approximate surface area is 188 Å². The van der Waals surface area contributed by atoms with Crippen LogP contribution in [0.3, 0.4) is 0 Å². The van der Waals surface area contributed by atoms with Crippen molar-refractivity contribution in [3.8, 4) is 0 Å². The maximum absolute atomic E-state index is 14.5. The Hall–Kier alpha value is -1.49. The molecule has 1 aliphatic heterocycles. The van der Waals surface area contributed by atoms with Crippen molar-refractivity contribution in [2.45, 2.75) is 23.7 Å². The van der Waals surface area contributed by atoms with E-state index in [1.807, 2.05) is 0 Å². The van der Waals surface area contributed by atoms with E-state index in [0.29, 0.717) is 32.8 Å². The lowest BCUT2D eigenvalue weighted by Gasteiger charge is -2.35. The van der Waals surface area contributed by atoms with Crippen molar-refractivity contribution in [3.05, 3.63) is 58.4 Å². The number of hydrogen-bond donors (Lipinski definition) is 0. The van der Waals surface area contributed by atoms with Gasteiger partial charge in [-0.25, -0.2) is 12.8 Å². The number of thioether (sulfide) groups is 1. The van der Waals surface area contributed by atoms with Crippen molar-refractivity contribution in [2.24, 2.45) is 0 Å². The number of alkyl halides is 3. The average molecular weight is 497 g/mol. The first-order chi connectivity index (χ1) is 14.4. The summed E-state index contributed by atoms with van der Waals surface area (Å²) in [5.41, 5.74) is 1.23. The molecule has 170 valence electrons. The molecule has 11 heteroatoms. The molecule has 1 saturated heterocycles. The minimum Gasteiger partial charge on any atom is -0.366 e. The summed E-state index contributed by atoms with van der Waals surface area (Å²) in [6, 6.07) is 9.18. The molecule has 0 aromatic heterocycles. The summed E-state index contributed by atoms with van der Waals surface area (Å²) in [6.07, 6.45) is -4.32. The van der Waals surface area contributed by atoms with Gasteiger partial charge in [-0.05, 0) is 42.3 Å². The third-order valence-electron chi connectivity index (χ3n) is 4.87. The molecule has 4 nitrogen and oxygen atoms in total. The summed E-state index contributed by atoms with van der Waals surface area (Å²) < 4.78 is 79.0. The molecular weight excluding hydrogens is 476 g/mol. The molecule has 2 aromatic rings. The first-order valence-electron chi connectivity index (χ1n) is 9.41. The molecule has 1 heterocycles. The predicted octanol–water partition coefficient (Wildman–Crippen LogP) is 5.09. The molecule has 0 bridgehead atoms. The van der Waals surface area contributed by atoms with Gasteiger partial charge in [0, 0.05) is 36.1 Å². The predicted molar refractivity (Wildman–Crippen MR) is 116 cm³/mol. The summed E-state index contributed by atoms with van der Waals surface area (Å²) in [4.78, 5) is 2.02. The van der Waals surface area contributed by atoms with E-state index in [1.165, 1.54) is 16.4 Å². The van der Waals surface area contributed by atoms with Gasteiger partial charge in [-0.2, -0.15) is 17.5 Å². The number of benzene rings is 2. The first-order valence-corrected chi connectivity index (χ1v) is 12.4. The molecule has 3 rings (SSSR count). The van der Waals surface area contributed by atoms with Crippen molar-refractivity contribution in [1.29, 1.82) is 0 Å². The number of rotatable bonds is 6. The molecule has 31 heavy (non-hydrogen) atoms. The van der Waals surface area contributed by atoms with Gasteiger partial charge in [-0.1, -0.05) is 23.7 Å². The van der Waals surface area contributed by atoms with Gasteiger partial charge in [0.05, 0.1) is 17.2 Å². The molecule has 2 aromatic carbocycles. The van der Waals surface area contributed by atoms with Crippen LogP contribution in [-0.2, 0) is 15.8 Å². The molecule has 0 spiro atoms. The lowest BCUT2D eigenvalue weighted by molar-refractivity contribution is -0.105. The smallest absolute Gasteiger partial charge is 0.366 e. The van der Waals surface area contributed by atoms with Crippen LogP contribution in [0.1, 0.15) is 11.1 Å². The molecule has 0 atom stereocenters. The molecule has 0 N–H and O–H groups in total. The molecule has 0 radical (unpaired) electrons. The fourth-order valence-corrected chi connectivity index (χ4v) is 5.73. The van der Waals surface area contributed by atoms with Crippen LogP contribution in [0.5, 0.6) is 0 Å². The van der Waals surface area contributed by atoms with Gasteiger partial charge in [0.15, 0.2) is 0 Å². The third kappa shape index (κ3) is 6.50. The number of nitrogens with zero attached hydrogens (tertiary/aromatic N) is 2. The van der Waals surface area contributed by atoms with Gasteiger partial charge in [0.25, 0.3) is 0 Å². The van der Waals surface area contributed by atoms with E-state index < -0.39 is 27.8 Å². The second kappa shape index (κ2) is 9.56. The van der Waals surface area contributed by atoms with Crippen molar-refractivity contribution in [3.63, 3.8) is 0 Å². The van der Waals surface area contributed by atoms with E-state index >= 15 is 0 Å². The van der Waals surface area contributed by atoms with E-state index in [9.17, 15) is 26.0 Å². The van der Waals surface area contributed by atoms with Crippen LogP contribution in [0.15, 0.2) is 41.3 Å². The maximum Gasteiger partial charge on any atom is 0.398 e. The Balaban J connectivity index is 1.68. The molecule has 0 amide bonds. The number of anilines is 1. The van der Waals surface area contributed by atoms with Crippen LogP contribution in [0.4, 0.5) is 23.2 Å². The van der Waals surface area contributed by atoms with Crippen LogP contribution in [-0.4, -0.2) is 50.8 Å². The number of halogens is 5. The van der Waals surface area contributed by atoms with E-state index in [1.54, 1.807) is 36.1 Å². The minimum absolute atomic E-state index is 0.161. The Morgan fingerprint density at radius 2 is 1.68 bits per heavy atom. The van der Waals surface area contributed by atoms with Gasteiger partial charge in [0.1, 0.15) is 5.82 Å². The quantitative estimate of drug-likeness (QED) is 0.412. The first kappa shape index (κ1) is 24.2. The highest BCUT2D eigenvalue weighted by atomic mass is 35.5. The second-order valence-corrected chi connectivity index (χ2v) is 10.7. The van der Waals surface area contributed by atoms with Crippen LogP contribution in [0.25, 0.3) is 0 Å². The Bertz CT molecular complexity index is 1020. The zero-order valence-electron chi connectivity index (χ0n) is 16.6. The molecule has 0 saturated carbocycles. The standard InChI is InChI=1S/C20H21ClF4N2O2S2/c1-14-10-17(22)18(11-19(14)30-13-20(23,24)25)26-6-8-27(9-7-26)31(28,29)12-15-2-4-16(21)5-3-15/h2-5,10-11H,6-9,12-13H2,1H3. The monoisotopic (exact) mass is 496 g/mol. The largest absolute Gasteiger partial charge is 0.398 e. The molecule has 0 unspecified atom stereocenters. The van der Waals surface area contributed by atoms with E-state index in [2.05, 4.69) is 0 Å². The second-order valence-electron chi connectivity index (χ2n) is 7.24. The van der Waals surface area contributed by atoms with E-state index in [0.717, 1.165) is 0 Å². The highest BCUT2D eigenvalue weighted by molar-refractivity contribution is 7.99. The van der Waals surface area contributed by atoms with E-state index in [-0.39, 0.29) is 37.6 Å². The van der Waals surface area contributed by atoms with Crippen LogP contribution in [0.2, 0.25) is 5.02 Å². The highest BCUT2D eigenvalue weighted by Gasteiger charge is 2.30. The fraction of sp³-hybridized carbons (Fsp3) is 0.400. The van der Waals surface area contributed by atoms with Crippen LogP contribution < -0.4 is 4.90 Å². The number of piperazine rings is 1. The van der Waals surface area contributed by atoms with Crippen molar-refractivity contribution in [1.82, 2.24) is 4.31 Å². The molecule has 0 aliphatic carbocycles. The maximum atomic E-state index is 14.5. The lowest BCUT2D eigenvalue weighted by Crippen LogP contribution is -2.49. The van der Waals surface area contributed by atoms with E-state index in [4.69, 9.17) is 11.6 Å². The summed E-state index contributed by atoms with van der Waals surface area (Å²) >= 11 is 6.44. The summed E-state index contributed by atoms with van der Waals surface area (Å²) in [7, 11) is -3.56. The molecule has 1 fully saturated rings. The zero-order valence-corrected chi connectivity index (χ0v) is 19.0. The highest BCUT2D eigenvalue weighted by Crippen LogP contribution is 2.34. The Kier molecular flexibility index (Phi) is 7.45. The van der Waals surface area contributed by atoms with Crippen molar-refractivity contribution < 1.29 is 26.0 Å². The Morgan fingerprint density at radius 3 is 2.26 bits per heavy atom. The normalized spacial score (nSPS) is 16.0. The fourth-order valence-electron chi connectivity index (χ4n) is 3.29. The molecule has 1 aliphatic rings. The minimum atomic E-state index is -4.32. The topological polar surface area (TPSA) is 40.6 Å². The summed E-state index contributed by atoms with van der Waals surface area (Å²) in [6.45, 7) is 2.36. The average Bonchev–Trinajstić information content (AvgIpc) is 2.68. The van der Waals surface area contributed by atoms with Gasteiger partial charge >= 0.3 is 6.18 Å². The summed E-state index contributed by atoms with van der Waals surface area (Å²) in [5, 5.41) is 0.516. The third-order valence-corrected chi connectivity index (χ3v) is 8.20. The van der Waals surface area contributed by atoms with Crippen LogP contribution in [0, 0.1) is 12.7 Å². The van der Waals surface area contributed by atoms with Crippen molar-refractivity contribution >= 4 is 39.1 Å². The zero-order chi connectivity index (χ0) is 22.8. The van der Waals surface area contributed by atoms with Gasteiger partial charge < -0.3 is 4.90 Å². The SMILES string of the molecule is Cc1cc(F)c(N2CCN(S(=O)(=O)Cc3ccc(Cl)cc3)CC2)cc1SCC(F)(F)F. The number of aryl methyl sites for hydroxylation is 1. The Morgan fingerprint density at radius 1 is 1.06 bits per heavy atom. The van der Waals surface area contributed by atoms with Crippen LogP contribution >= 0.6 is 23.4 Å². The molecular formula is C20H21ClF4N2O2S2. The lowest BCUT2D eigenvalue weighted by atomic mass is 10.2. The van der Waals surface area contributed by atoms with Crippen molar-refractivity contribution in [2.75, 3.05) is 36.8 Å².